The van der Waals surface area contributed by atoms with Crippen molar-refractivity contribution in [2.45, 2.75) is 45.1 Å². The Labute approximate surface area is 127 Å². The number of pyridine rings is 1. The Morgan fingerprint density at radius 3 is 2.95 bits per heavy atom. The van der Waals surface area contributed by atoms with Gasteiger partial charge in [-0.25, -0.2) is 0 Å². The number of fused-ring (bicyclic) bond motifs is 1. The fraction of sp³-hybridized carbons (Fsp3) is 0.421. The second kappa shape index (κ2) is 6.40. The quantitative estimate of drug-likeness (QED) is 0.909. The molecule has 110 valence electrons. The molecule has 21 heavy (non-hydrogen) atoms. The van der Waals surface area contributed by atoms with E-state index in [0.29, 0.717) is 12.0 Å². The normalized spacial score (nSPS) is 19.0. The van der Waals surface area contributed by atoms with Gasteiger partial charge < -0.3 is 5.32 Å². The molecular formula is C19H24N2. The summed E-state index contributed by atoms with van der Waals surface area (Å²) in [6.45, 7) is 5.36. The maximum absolute atomic E-state index is 4.36. The third kappa shape index (κ3) is 2.86. The summed E-state index contributed by atoms with van der Waals surface area (Å²) in [4.78, 5) is 4.36. The van der Waals surface area contributed by atoms with E-state index in [1.807, 2.05) is 12.4 Å². The van der Waals surface area contributed by atoms with Crippen molar-refractivity contribution in [3.8, 4) is 0 Å². The Bertz CT molecular complexity index is 606. The van der Waals surface area contributed by atoms with Gasteiger partial charge in [-0.1, -0.05) is 31.2 Å². The molecule has 0 spiro atoms. The molecule has 0 saturated carbocycles. The van der Waals surface area contributed by atoms with Gasteiger partial charge >= 0.3 is 0 Å². The standard InChI is InChI=1S/C19H24N2/c1-3-21-19(18-13-20-12-11-14(18)2)17-10-6-8-15-7-4-5-9-16(15)17/h4-5,7,9,11-13,17,19,21H,3,6,8,10H2,1-2H3. The molecule has 0 aliphatic heterocycles. The van der Waals surface area contributed by atoms with Gasteiger partial charge in [-0.3, -0.25) is 4.98 Å². The summed E-state index contributed by atoms with van der Waals surface area (Å²) in [5, 5.41) is 3.71. The molecule has 3 rings (SSSR count). The summed E-state index contributed by atoms with van der Waals surface area (Å²) in [5.74, 6) is 0.554. The third-order valence-electron chi connectivity index (χ3n) is 4.66. The Morgan fingerprint density at radius 1 is 1.29 bits per heavy atom. The average molecular weight is 280 g/mol. The van der Waals surface area contributed by atoms with Gasteiger partial charge in [0.25, 0.3) is 0 Å². The number of likely N-dealkylation sites (N-methyl/N-ethyl adjacent to an activating group) is 1. The molecule has 0 amide bonds. The predicted molar refractivity (Wildman–Crippen MR) is 87.5 cm³/mol. The lowest BCUT2D eigenvalue weighted by atomic mass is 9.76. The molecule has 0 fully saturated rings. The number of aromatic nitrogens is 1. The van der Waals surface area contributed by atoms with Crippen molar-refractivity contribution in [2.75, 3.05) is 6.54 Å². The van der Waals surface area contributed by atoms with Gasteiger partial charge in [0.2, 0.25) is 0 Å². The van der Waals surface area contributed by atoms with Crippen LogP contribution in [0.5, 0.6) is 0 Å². The fourth-order valence-electron chi connectivity index (χ4n) is 3.63. The monoisotopic (exact) mass is 280 g/mol. The molecule has 2 heteroatoms. The van der Waals surface area contributed by atoms with E-state index in [9.17, 15) is 0 Å². The van der Waals surface area contributed by atoms with Gasteiger partial charge in [0.1, 0.15) is 0 Å². The molecule has 0 saturated heterocycles. The third-order valence-corrected chi connectivity index (χ3v) is 4.66. The minimum atomic E-state index is 0.366. The Hall–Kier alpha value is -1.67. The van der Waals surface area contributed by atoms with Gasteiger partial charge in [-0.05, 0) is 61.1 Å². The van der Waals surface area contributed by atoms with Crippen LogP contribution in [0.1, 0.15) is 54.0 Å². The summed E-state index contributed by atoms with van der Waals surface area (Å²) < 4.78 is 0. The van der Waals surface area contributed by atoms with Gasteiger partial charge in [-0.2, -0.15) is 0 Å². The van der Waals surface area contributed by atoms with Crippen LogP contribution in [0.25, 0.3) is 0 Å². The van der Waals surface area contributed by atoms with Crippen molar-refractivity contribution in [2.24, 2.45) is 0 Å². The molecule has 1 heterocycles. The lowest BCUT2D eigenvalue weighted by Crippen LogP contribution is -2.30. The van der Waals surface area contributed by atoms with Crippen molar-refractivity contribution < 1.29 is 0 Å². The van der Waals surface area contributed by atoms with E-state index in [1.54, 1.807) is 0 Å². The number of hydrogen-bond acceptors (Lipinski definition) is 2. The second-order valence-corrected chi connectivity index (χ2v) is 5.97. The number of nitrogens with one attached hydrogen (secondary N) is 1. The molecule has 1 aromatic carbocycles. The van der Waals surface area contributed by atoms with E-state index >= 15 is 0 Å². The maximum Gasteiger partial charge on any atom is 0.0407 e. The number of hydrogen-bond donors (Lipinski definition) is 1. The molecule has 0 bridgehead atoms. The first kappa shape index (κ1) is 14.3. The molecule has 1 N–H and O–H groups in total. The van der Waals surface area contributed by atoms with E-state index in [1.165, 1.54) is 41.5 Å². The van der Waals surface area contributed by atoms with Crippen LogP contribution >= 0.6 is 0 Å². The Balaban J connectivity index is 2.01. The molecule has 2 aromatic rings. The zero-order valence-corrected chi connectivity index (χ0v) is 13.0. The average Bonchev–Trinajstić information content (AvgIpc) is 2.53. The topological polar surface area (TPSA) is 24.9 Å². The molecular weight excluding hydrogens is 256 g/mol. The van der Waals surface area contributed by atoms with Crippen LogP contribution in [0.15, 0.2) is 42.7 Å². The van der Waals surface area contributed by atoms with Crippen molar-refractivity contribution >= 4 is 0 Å². The van der Waals surface area contributed by atoms with Crippen LogP contribution in [0.2, 0.25) is 0 Å². The molecule has 1 aliphatic carbocycles. The molecule has 2 atom stereocenters. The number of nitrogens with zero attached hydrogens (tertiary/aromatic N) is 1. The lowest BCUT2D eigenvalue weighted by Gasteiger charge is -2.33. The van der Waals surface area contributed by atoms with E-state index in [0.717, 1.165) is 6.54 Å². The Kier molecular flexibility index (Phi) is 4.35. The summed E-state index contributed by atoms with van der Waals surface area (Å²) in [7, 11) is 0. The zero-order chi connectivity index (χ0) is 14.7. The first-order valence-corrected chi connectivity index (χ1v) is 8.03. The number of benzene rings is 1. The van der Waals surface area contributed by atoms with E-state index in [-0.39, 0.29) is 0 Å². The van der Waals surface area contributed by atoms with Crippen LogP contribution in [0, 0.1) is 6.92 Å². The number of rotatable bonds is 4. The zero-order valence-electron chi connectivity index (χ0n) is 13.0. The van der Waals surface area contributed by atoms with Crippen LogP contribution in [0.3, 0.4) is 0 Å². The fourth-order valence-corrected chi connectivity index (χ4v) is 3.63. The van der Waals surface area contributed by atoms with Gasteiger partial charge in [0.05, 0.1) is 0 Å². The summed E-state index contributed by atoms with van der Waals surface area (Å²) in [5.41, 5.74) is 5.73. The van der Waals surface area contributed by atoms with Crippen LogP contribution < -0.4 is 5.32 Å². The predicted octanol–water partition coefficient (Wildman–Crippen LogP) is 4.16. The van der Waals surface area contributed by atoms with Crippen molar-refractivity contribution in [3.05, 3.63) is 65.0 Å². The Morgan fingerprint density at radius 2 is 2.14 bits per heavy atom. The minimum Gasteiger partial charge on any atom is -0.310 e. The van der Waals surface area contributed by atoms with Crippen LogP contribution in [-0.2, 0) is 6.42 Å². The summed E-state index contributed by atoms with van der Waals surface area (Å²) >= 11 is 0. The largest absolute Gasteiger partial charge is 0.310 e. The molecule has 2 nitrogen and oxygen atoms in total. The van der Waals surface area contributed by atoms with Crippen LogP contribution in [0.4, 0.5) is 0 Å². The van der Waals surface area contributed by atoms with E-state index < -0.39 is 0 Å². The van der Waals surface area contributed by atoms with E-state index in [4.69, 9.17) is 0 Å². The molecule has 1 aliphatic rings. The smallest absolute Gasteiger partial charge is 0.0407 e. The van der Waals surface area contributed by atoms with Crippen molar-refractivity contribution in [3.63, 3.8) is 0 Å². The van der Waals surface area contributed by atoms with Gasteiger partial charge in [-0.15, -0.1) is 0 Å². The van der Waals surface area contributed by atoms with Crippen LogP contribution in [-0.4, -0.2) is 11.5 Å². The summed E-state index contributed by atoms with van der Waals surface area (Å²) in [6, 6.07) is 11.4. The first-order chi connectivity index (χ1) is 10.3. The SMILES string of the molecule is CCNC(c1cnccc1C)C1CCCc2ccccc21. The van der Waals surface area contributed by atoms with Crippen molar-refractivity contribution in [1.29, 1.82) is 0 Å². The molecule has 1 aromatic heterocycles. The van der Waals surface area contributed by atoms with E-state index in [2.05, 4.69) is 54.5 Å². The van der Waals surface area contributed by atoms with Gasteiger partial charge in [0.15, 0.2) is 0 Å². The highest BCUT2D eigenvalue weighted by Gasteiger charge is 2.29. The first-order valence-electron chi connectivity index (χ1n) is 8.03. The maximum atomic E-state index is 4.36. The molecule has 2 unspecified atom stereocenters. The van der Waals surface area contributed by atoms with Gasteiger partial charge in [0, 0.05) is 24.4 Å². The highest BCUT2D eigenvalue weighted by molar-refractivity contribution is 5.37. The second-order valence-electron chi connectivity index (χ2n) is 5.97. The van der Waals surface area contributed by atoms with Crippen molar-refractivity contribution in [1.82, 2.24) is 10.3 Å². The minimum absolute atomic E-state index is 0.366. The molecule has 0 radical (unpaired) electrons. The lowest BCUT2D eigenvalue weighted by molar-refractivity contribution is 0.407. The highest BCUT2D eigenvalue weighted by Crippen LogP contribution is 2.40. The summed E-state index contributed by atoms with van der Waals surface area (Å²) in [6.07, 6.45) is 7.68. The highest BCUT2D eigenvalue weighted by atomic mass is 14.9. The number of aryl methyl sites for hydroxylation is 2.